The van der Waals surface area contributed by atoms with Crippen LogP contribution in [0.5, 0.6) is 0 Å². The first-order chi connectivity index (χ1) is 9.70. The molecule has 5 heteroatoms. The van der Waals surface area contributed by atoms with Gasteiger partial charge in [0.05, 0.1) is 6.54 Å². The summed E-state index contributed by atoms with van der Waals surface area (Å²) in [4.78, 5) is 20.7. The number of likely N-dealkylation sites (tertiary alicyclic amines) is 2. The molecule has 2 rings (SSSR count). The van der Waals surface area contributed by atoms with Crippen molar-refractivity contribution in [1.29, 1.82) is 0 Å². The SMILES string of the molecule is CN=C(NCC(=O)N1CCCCC1)N1CCC(C)CC1. The number of rotatable bonds is 2. The lowest BCUT2D eigenvalue weighted by Crippen LogP contribution is -2.49. The Morgan fingerprint density at radius 3 is 2.35 bits per heavy atom. The Kier molecular flexibility index (Phi) is 5.68. The lowest BCUT2D eigenvalue weighted by Gasteiger charge is -2.33. The average molecular weight is 280 g/mol. The molecule has 0 aliphatic carbocycles. The number of carbonyl (C=O) groups is 1. The second-order valence-corrected chi connectivity index (χ2v) is 6.01. The summed E-state index contributed by atoms with van der Waals surface area (Å²) in [5.74, 6) is 1.89. The monoisotopic (exact) mass is 280 g/mol. The molecule has 2 fully saturated rings. The van der Waals surface area contributed by atoms with Crippen molar-refractivity contribution in [2.45, 2.75) is 39.0 Å². The lowest BCUT2D eigenvalue weighted by atomic mass is 10.00. The fourth-order valence-corrected chi connectivity index (χ4v) is 2.96. The summed E-state index contributed by atoms with van der Waals surface area (Å²) in [5.41, 5.74) is 0. The van der Waals surface area contributed by atoms with Gasteiger partial charge in [-0.15, -0.1) is 0 Å². The van der Waals surface area contributed by atoms with Crippen LogP contribution in [0.4, 0.5) is 0 Å². The van der Waals surface area contributed by atoms with Gasteiger partial charge < -0.3 is 15.1 Å². The van der Waals surface area contributed by atoms with E-state index >= 15 is 0 Å². The van der Waals surface area contributed by atoms with Gasteiger partial charge in [0.25, 0.3) is 0 Å². The molecule has 114 valence electrons. The van der Waals surface area contributed by atoms with Crippen molar-refractivity contribution in [1.82, 2.24) is 15.1 Å². The molecule has 0 atom stereocenters. The zero-order chi connectivity index (χ0) is 14.4. The second kappa shape index (κ2) is 7.50. The minimum atomic E-state index is 0.205. The highest BCUT2D eigenvalue weighted by Crippen LogP contribution is 2.15. The maximum Gasteiger partial charge on any atom is 0.241 e. The van der Waals surface area contributed by atoms with Crippen LogP contribution >= 0.6 is 0 Å². The molecule has 0 spiro atoms. The molecule has 0 aromatic carbocycles. The van der Waals surface area contributed by atoms with E-state index in [-0.39, 0.29) is 5.91 Å². The Balaban J connectivity index is 1.77. The highest BCUT2D eigenvalue weighted by atomic mass is 16.2. The largest absolute Gasteiger partial charge is 0.347 e. The third-order valence-electron chi connectivity index (χ3n) is 4.40. The smallest absolute Gasteiger partial charge is 0.241 e. The summed E-state index contributed by atoms with van der Waals surface area (Å²) in [6.07, 6.45) is 5.96. The van der Waals surface area contributed by atoms with Crippen molar-refractivity contribution < 1.29 is 4.79 Å². The maximum absolute atomic E-state index is 12.1. The Hall–Kier alpha value is -1.26. The number of carbonyl (C=O) groups excluding carboxylic acids is 1. The number of guanidine groups is 1. The number of hydrogen-bond donors (Lipinski definition) is 1. The van der Waals surface area contributed by atoms with Crippen LogP contribution in [-0.2, 0) is 4.79 Å². The molecule has 2 heterocycles. The number of piperidine rings is 2. The minimum absolute atomic E-state index is 0.205. The number of amides is 1. The first-order valence-corrected chi connectivity index (χ1v) is 7.94. The molecular weight excluding hydrogens is 252 g/mol. The van der Waals surface area contributed by atoms with E-state index in [2.05, 4.69) is 22.1 Å². The van der Waals surface area contributed by atoms with Crippen LogP contribution in [0.2, 0.25) is 0 Å². The number of nitrogens with one attached hydrogen (secondary N) is 1. The molecule has 2 aliphatic rings. The normalized spacial score (nSPS) is 22.0. The molecule has 0 radical (unpaired) electrons. The molecule has 0 saturated carbocycles. The topological polar surface area (TPSA) is 47.9 Å². The standard InChI is InChI=1S/C15H28N4O/c1-13-6-10-19(11-7-13)15(16-2)17-12-14(20)18-8-4-3-5-9-18/h13H,3-12H2,1-2H3,(H,16,17). The fraction of sp³-hybridized carbons (Fsp3) is 0.867. The molecule has 5 nitrogen and oxygen atoms in total. The second-order valence-electron chi connectivity index (χ2n) is 6.01. The van der Waals surface area contributed by atoms with Crippen LogP contribution in [0.15, 0.2) is 4.99 Å². The van der Waals surface area contributed by atoms with Gasteiger partial charge >= 0.3 is 0 Å². The van der Waals surface area contributed by atoms with E-state index in [0.29, 0.717) is 6.54 Å². The first kappa shape index (κ1) is 15.1. The number of hydrogen-bond acceptors (Lipinski definition) is 2. The zero-order valence-electron chi connectivity index (χ0n) is 12.9. The van der Waals surface area contributed by atoms with Crippen molar-refractivity contribution >= 4 is 11.9 Å². The van der Waals surface area contributed by atoms with Gasteiger partial charge in [-0.2, -0.15) is 0 Å². The summed E-state index contributed by atoms with van der Waals surface area (Å²) in [6.45, 7) is 6.59. The molecule has 1 N–H and O–H groups in total. The summed E-state index contributed by atoms with van der Waals surface area (Å²) >= 11 is 0. The quantitative estimate of drug-likeness (QED) is 0.613. The predicted octanol–water partition coefficient (Wildman–Crippen LogP) is 1.31. The minimum Gasteiger partial charge on any atom is -0.347 e. The van der Waals surface area contributed by atoms with Crippen molar-refractivity contribution in [3.8, 4) is 0 Å². The van der Waals surface area contributed by atoms with Gasteiger partial charge in [-0.3, -0.25) is 9.79 Å². The highest BCUT2D eigenvalue weighted by molar-refractivity contribution is 5.86. The van der Waals surface area contributed by atoms with Gasteiger partial charge in [0.15, 0.2) is 5.96 Å². The average Bonchev–Trinajstić information content (AvgIpc) is 2.50. The molecule has 2 saturated heterocycles. The van der Waals surface area contributed by atoms with Crippen LogP contribution in [0.25, 0.3) is 0 Å². The Bertz CT molecular complexity index is 342. The van der Waals surface area contributed by atoms with E-state index in [0.717, 1.165) is 50.9 Å². The molecule has 2 aliphatic heterocycles. The molecule has 0 aromatic heterocycles. The van der Waals surface area contributed by atoms with Crippen LogP contribution in [-0.4, -0.2) is 61.4 Å². The highest BCUT2D eigenvalue weighted by Gasteiger charge is 2.20. The van der Waals surface area contributed by atoms with E-state index < -0.39 is 0 Å². The molecule has 0 aromatic rings. The van der Waals surface area contributed by atoms with Gasteiger partial charge in [0, 0.05) is 33.2 Å². The van der Waals surface area contributed by atoms with Crippen molar-refractivity contribution in [3.63, 3.8) is 0 Å². The van der Waals surface area contributed by atoms with Gasteiger partial charge in [0.2, 0.25) is 5.91 Å². The van der Waals surface area contributed by atoms with Crippen molar-refractivity contribution in [3.05, 3.63) is 0 Å². The molecule has 0 unspecified atom stereocenters. The van der Waals surface area contributed by atoms with Crippen molar-refractivity contribution in [2.75, 3.05) is 39.8 Å². The third kappa shape index (κ3) is 4.12. The van der Waals surface area contributed by atoms with Gasteiger partial charge in [-0.1, -0.05) is 6.92 Å². The van der Waals surface area contributed by atoms with Crippen LogP contribution in [0.1, 0.15) is 39.0 Å². The van der Waals surface area contributed by atoms with E-state index in [1.54, 1.807) is 7.05 Å². The van der Waals surface area contributed by atoms with E-state index in [1.165, 1.54) is 19.3 Å². The summed E-state index contributed by atoms with van der Waals surface area (Å²) in [6, 6.07) is 0. The molecular formula is C15H28N4O. The first-order valence-electron chi connectivity index (χ1n) is 7.94. The summed E-state index contributed by atoms with van der Waals surface area (Å²) in [7, 11) is 1.80. The molecule has 1 amide bonds. The summed E-state index contributed by atoms with van der Waals surface area (Å²) in [5, 5.41) is 3.24. The van der Waals surface area contributed by atoms with Crippen LogP contribution < -0.4 is 5.32 Å². The Morgan fingerprint density at radius 2 is 1.75 bits per heavy atom. The van der Waals surface area contributed by atoms with E-state index in [4.69, 9.17) is 0 Å². The maximum atomic E-state index is 12.1. The van der Waals surface area contributed by atoms with Gasteiger partial charge in [0.1, 0.15) is 0 Å². The molecule has 20 heavy (non-hydrogen) atoms. The van der Waals surface area contributed by atoms with Crippen molar-refractivity contribution in [2.24, 2.45) is 10.9 Å². The zero-order valence-corrected chi connectivity index (χ0v) is 12.9. The lowest BCUT2D eigenvalue weighted by molar-refractivity contribution is -0.130. The van der Waals surface area contributed by atoms with E-state index in [1.807, 2.05) is 4.90 Å². The van der Waals surface area contributed by atoms with E-state index in [9.17, 15) is 4.79 Å². The summed E-state index contributed by atoms with van der Waals surface area (Å²) < 4.78 is 0. The third-order valence-corrected chi connectivity index (χ3v) is 4.40. The molecule has 0 bridgehead atoms. The number of nitrogens with zero attached hydrogens (tertiary/aromatic N) is 3. The Morgan fingerprint density at radius 1 is 1.10 bits per heavy atom. The van der Waals surface area contributed by atoms with Gasteiger partial charge in [-0.25, -0.2) is 0 Å². The van der Waals surface area contributed by atoms with Crippen LogP contribution in [0, 0.1) is 5.92 Å². The van der Waals surface area contributed by atoms with Crippen LogP contribution in [0.3, 0.4) is 0 Å². The predicted molar refractivity (Wildman–Crippen MR) is 81.8 cm³/mol. The number of aliphatic imine (C=N–C) groups is 1. The fourth-order valence-electron chi connectivity index (χ4n) is 2.96. The Labute approximate surface area is 122 Å². The van der Waals surface area contributed by atoms with Gasteiger partial charge in [-0.05, 0) is 38.0 Å².